The van der Waals surface area contributed by atoms with E-state index in [1.165, 1.54) is 0 Å². The van der Waals surface area contributed by atoms with E-state index in [1.54, 1.807) is 11.2 Å². The number of anilines is 2. The molecule has 21 heavy (non-hydrogen) atoms. The third-order valence-corrected chi connectivity index (χ3v) is 4.09. The molecule has 1 aromatic carbocycles. The third-order valence-electron chi connectivity index (χ3n) is 4.09. The summed E-state index contributed by atoms with van der Waals surface area (Å²) >= 11 is 0. The van der Waals surface area contributed by atoms with E-state index in [-0.39, 0.29) is 5.91 Å². The van der Waals surface area contributed by atoms with E-state index < -0.39 is 5.41 Å². The molecule has 104 valence electrons. The number of fused-ring (bicyclic) bond motifs is 2. The average molecular weight is 278 g/mol. The van der Waals surface area contributed by atoms with Crippen LogP contribution in [-0.4, -0.2) is 20.5 Å². The Morgan fingerprint density at radius 2 is 1.90 bits per heavy atom. The summed E-state index contributed by atoms with van der Waals surface area (Å²) in [6.45, 7) is 3.93. The van der Waals surface area contributed by atoms with E-state index in [0.717, 1.165) is 22.6 Å². The number of pyridine rings is 1. The van der Waals surface area contributed by atoms with Crippen LogP contribution in [0.15, 0.2) is 48.9 Å². The second-order valence-electron chi connectivity index (χ2n) is 5.77. The second kappa shape index (κ2) is 3.91. The van der Waals surface area contributed by atoms with Crippen LogP contribution in [0.5, 0.6) is 0 Å². The monoisotopic (exact) mass is 278 g/mol. The molecule has 0 atom stereocenters. The van der Waals surface area contributed by atoms with Crippen LogP contribution in [0.25, 0.3) is 5.65 Å². The molecule has 0 aliphatic carbocycles. The summed E-state index contributed by atoms with van der Waals surface area (Å²) in [6, 6.07) is 11.7. The fraction of sp³-hybridized carbons (Fsp3) is 0.188. The van der Waals surface area contributed by atoms with Gasteiger partial charge in [0.05, 0.1) is 16.8 Å². The highest BCUT2D eigenvalue weighted by Crippen LogP contribution is 2.44. The molecule has 1 aliphatic heterocycles. The minimum absolute atomic E-state index is 0.0797. The molecule has 1 amide bonds. The number of nitrogens with zero attached hydrogens (tertiary/aromatic N) is 4. The van der Waals surface area contributed by atoms with Crippen LogP contribution < -0.4 is 4.90 Å². The number of amides is 1. The van der Waals surface area contributed by atoms with Crippen LogP contribution in [0.1, 0.15) is 19.4 Å². The summed E-state index contributed by atoms with van der Waals surface area (Å²) in [5, 5.41) is 7.86. The maximum atomic E-state index is 12.8. The van der Waals surface area contributed by atoms with Crippen molar-refractivity contribution in [3.63, 3.8) is 0 Å². The molecule has 0 saturated heterocycles. The average Bonchev–Trinajstić information content (AvgIpc) is 3.02. The van der Waals surface area contributed by atoms with Gasteiger partial charge in [0, 0.05) is 6.20 Å². The topological polar surface area (TPSA) is 50.5 Å². The summed E-state index contributed by atoms with van der Waals surface area (Å²) in [5.74, 6) is 0.0797. The number of para-hydroxylation sites is 1. The zero-order valence-electron chi connectivity index (χ0n) is 11.8. The fourth-order valence-electron chi connectivity index (χ4n) is 2.91. The lowest BCUT2D eigenvalue weighted by Crippen LogP contribution is -2.33. The van der Waals surface area contributed by atoms with Crippen LogP contribution in [0.3, 0.4) is 0 Å². The summed E-state index contributed by atoms with van der Waals surface area (Å²) in [7, 11) is 0. The highest BCUT2D eigenvalue weighted by Gasteiger charge is 2.44. The van der Waals surface area contributed by atoms with Gasteiger partial charge in [-0.15, -0.1) is 10.2 Å². The molecule has 0 bridgehead atoms. The highest BCUT2D eigenvalue weighted by molar-refractivity contribution is 6.12. The standard InChI is InChI=1S/C16H14N4O/c1-16(2)12-5-3-4-6-13(12)20(15(16)21)11-7-8-14-18-17-10-19(14)9-11/h3-10H,1-2H3. The van der Waals surface area contributed by atoms with Crippen molar-refractivity contribution in [2.45, 2.75) is 19.3 Å². The zero-order chi connectivity index (χ0) is 14.6. The Bertz CT molecular complexity index is 865. The van der Waals surface area contributed by atoms with E-state index in [9.17, 15) is 4.79 Å². The molecule has 3 aromatic rings. The molecule has 0 radical (unpaired) electrons. The normalized spacial score (nSPS) is 16.5. The second-order valence-corrected chi connectivity index (χ2v) is 5.77. The molecule has 5 heteroatoms. The van der Waals surface area contributed by atoms with E-state index in [2.05, 4.69) is 10.2 Å². The predicted molar refractivity (Wildman–Crippen MR) is 79.6 cm³/mol. The Morgan fingerprint density at radius 1 is 1.10 bits per heavy atom. The number of rotatable bonds is 1. The van der Waals surface area contributed by atoms with Crippen molar-refractivity contribution in [2.75, 3.05) is 4.90 Å². The smallest absolute Gasteiger partial charge is 0.241 e. The first kappa shape index (κ1) is 12.1. The Kier molecular flexibility index (Phi) is 2.25. The first-order chi connectivity index (χ1) is 10.1. The Morgan fingerprint density at radius 3 is 2.76 bits per heavy atom. The van der Waals surface area contributed by atoms with Crippen molar-refractivity contribution in [3.05, 3.63) is 54.5 Å². The molecular formula is C16H14N4O. The first-order valence-electron chi connectivity index (χ1n) is 6.82. The van der Waals surface area contributed by atoms with E-state index in [1.807, 2.05) is 60.8 Å². The Hall–Kier alpha value is -2.69. The van der Waals surface area contributed by atoms with Gasteiger partial charge in [0.15, 0.2) is 5.65 Å². The fourth-order valence-corrected chi connectivity index (χ4v) is 2.91. The van der Waals surface area contributed by atoms with Crippen molar-refractivity contribution in [3.8, 4) is 0 Å². The van der Waals surface area contributed by atoms with Crippen molar-refractivity contribution in [1.82, 2.24) is 14.6 Å². The molecule has 5 nitrogen and oxygen atoms in total. The van der Waals surface area contributed by atoms with Gasteiger partial charge < -0.3 is 0 Å². The third kappa shape index (κ3) is 1.54. The molecule has 1 aliphatic rings. The van der Waals surface area contributed by atoms with Crippen molar-refractivity contribution < 1.29 is 4.79 Å². The van der Waals surface area contributed by atoms with E-state index >= 15 is 0 Å². The van der Waals surface area contributed by atoms with Gasteiger partial charge in [-0.3, -0.25) is 14.1 Å². The number of aromatic nitrogens is 3. The molecule has 0 fully saturated rings. The lowest BCUT2D eigenvalue weighted by Gasteiger charge is -2.20. The Labute approximate surface area is 121 Å². The van der Waals surface area contributed by atoms with Gasteiger partial charge in [-0.25, -0.2) is 0 Å². The maximum absolute atomic E-state index is 12.8. The van der Waals surface area contributed by atoms with Crippen LogP contribution >= 0.6 is 0 Å². The van der Waals surface area contributed by atoms with Crippen LogP contribution in [-0.2, 0) is 10.2 Å². The van der Waals surface area contributed by atoms with Gasteiger partial charge >= 0.3 is 0 Å². The molecule has 3 heterocycles. The quantitative estimate of drug-likeness (QED) is 0.687. The molecule has 0 saturated carbocycles. The minimum atomic E-state index is -0.515. The molecular weight excluding hydrogens is 264 g/mol. The van der Waals surface area contributed by atoms with Crippen molar-refractivity contribution >= 4 is 22.9 Å². The molecule has 0 unspecified atom stereocenters. The maximum Gasteiger partial charge on any atom is 0.241 e. The van der Waals surface area contributed by atoms with Gasteiger partial charge in [0.2, 0.25) is 5.91 Å². The molecule has 0 N–H and O–H groups in total. The minimum Gasteiger partial charge on any atom is -0.287 e. The first-order valence-corrected chi connectivity index (χ1v) is 6.82. The number of benzene rings is 1. The summed E-state index contributed by atoms with van der Waals surface area (Å²) in [6.07, 6.45) is 3.52. The van der Waals surface area contributed by atoms with Gasteiger partial charge in [-0.2, -0.15) is 0 Å². The van der Waals surface area contributed by atoms with Crippen LogP contribution in [0.2, 0.25) is 0 Å². The van der Waals surface area contributed by atoms with Crippen molar-refractivity contribution in [2.24, 2.45) is 0 Å². The zero-order valence-corrected chi connectivity index (χ0v) is 11.8. The molecule has 4 rings (SSSR count). The van der Waals surface area contributed by atoms with E-state index in [4.69, 9.17) is 0 Å². The summed E-state index contributed by atoms with van der Waals surface area (Å²) in [5.41, 5.74) is 3.07. The number of carbonyl (C=O) groups excluding carboxylic acids is 1. The van der Waals surface area contributed by atoms with Crippen LogP contribution in [0, 0.1) is 0 Å². The summed E-state index contributed by atoms with van der Waals surface area (Å²) in [4.78, 5) is 14.6. The van der Waals surface area contributed by atoms with Crippen molar-refractivity contribution in [1.29, 1.82) is 0 Å². The lowest BCUT2D eigenvalue weighted by atomic mass is 9.86. The molecule has 0 spiro atoms. The number of carbonyl (C=O) groups is 1. The molecule has 2 aromatic heterocycles. The van der Waals surface area contributed by atoms with Gasteiger partial charge in [0.25, 0.3) is 0 Å². The van der Waals surface area contributed by atoms with Gasteiger partial charge in [0.1, 0.15) is 6.33 Å². The van der Waals surface area contributed by atoms with Crippen LogP contribution in [0.4, 0.5) is 11.4 Å². The lowest BCUT2D eigenvalue weighted by molar-refractivity contribution is -0.121. The SMILES string of the molecule is CC1(C)C(=O)N(c2ccc3nncn3c2)c2ccccc21. The van der Waals surface area contributed by atoms with Gasteiger partial charge in [-0.1, -0.05) is 18.2 Å². The summed E-state index contributed by atoms with van der Waals surface area (Å²) < 4.78 is 1.82. The number of hydrogen-bond donors (Lipinski definition) is 0. The van der Waals surface area contributed by atoms with Gasteiger partial charge in [-0.05, 0) is 37.6 Å². The number of hydrogen-bond acceptors (Lipinski definition) is 3. The highest BCUT2D eigenvalue weighted by atomic mass is 16.2. The predicted octanol–water partition coefficient (Wildman–Crippen LogP) is 2.69. The van der Waals surface area contributed by atoms with E-state index in [0.29, 0.717) is 0 Å². The largest absolute Gasteiger partial charge is 0.287 e. The Balaban J connectivity index is 1.94.